The van der Waals surface area contributed by atoms with Gasteiger partial charge in [0.25, 0.3) is 0 Å². The number of hydrogen-bond acceptors (Lipinski definition) is 2. The lowest BCUT2D eigenvalue weighted by Gasteiger charge is -2.30. The molecule has 1 atom stereocenters. The average Bonchev–Trinajstić information content (AvgIpc) is 2.57. The summed E-state index contributed by atoms with van der Waals surface area (Å²) in [6.07, 6.45) is 2.19. The number of urea groups is 1. The molecule has 0 saturated carbocycles. The molecule has 0 spiro atoms. The number of rotatable bonds is 2. The van der Waals surface area contributed by atoms with Gasteiger partial charge in [-0.15, -0.1) is 0 Å². The van der Waals surface area contributed by atoms with Gasteiger partial charge < -0.3 is 14.5 Å². The Balaban J connectivity index is 2.00. The minimum Gasteiger partial charge on any atom is -0.381 e. The molecule has 4 nitrogen and oxygen atoms in total. The number of hydrogen-bond donors (Lipinski definition) is 0. The molecule has 0 bridgehead atoms. The monoisotopic (exact) mass is 212 g/mol. The van der Waals surface area contributed by atoms with Crippen molar-refractivity contribution in [2.75, 3.05) is 33.4 Å². The average molecular weight is 212 g/mol. The Hall–Kier alpha value is -0.770. The summed E-state index contributed by atoms with van der Waals surface area (Å²) in [5, 5.41) is 0. The maximum absolute atomic E-state index is 11.8. The Kier molecular flexibility index (Phi) is 3.14. The van der Waals surface area contributed by atoms with E-state index >= 15 is 0 Å². The molecule has 2 saturated heterocycles. The third-order valence-corrected chi connectivity index (χ3v) is 3.67. The van der Waals surface area contributed by atoms with Crippen molar-refractivity contribution < 1.29 is 9.53 Å². The van der Waals surface area contributed by atoms with Crippen molar-refractivity contribution in [2.45, 2.75) is 25.8 Å². The SMILES string of the molecule is CCN1CC(C2CCOCC2)N(C)C1=O. The van der Waals surface area contributed by atoms with Crippen LogP contribution in [0, 0.1) is 5.92 Å². The highest BCUT2D eigenvalue weighted by Crippen LogP contribution is 2.27. The van der Waals surface area contributed by atoms with Crippen LogP contribution in [0.5, 0.6) is 0 Å². The summed E-state index contributed by atoms with van der Waals surface area (Å²) in [6.45, 7) is 5.47. The fraction of sp³-hybridized carbons (Fsp3) is 0.909. The van der Waals surface area contributed by atoms with E-state index in [1.54, 1.807) is 0 Å². The molecule has 0 radical (unpaired) electrons. The Morgan fingerprint density at radius 2 is 2.07 bits per heavy atom. The minimum absolute atomic E-state index is 0.189. The molecule has 2 rings (SSSR count). The molecule has 0 aromatic heterocycles. The van der Waals surface area contributed by atoms with Gasteiger partial charge in [-0.1, -0.05) is 0 Å². The molecule has 2 aliphatic rings. The number of nitrogens with zero attached hydrogens (tertiary/aromatic N) is 2. The number of likely N-dealkylation sites (N-methyl/N-ethyl adjacent to an activating group) is 2. The van der Waals surface area contributed by atoms with Crippen LogP contribution in [0.2, 0.25) is 0 Å². The van der Waals surface area contributed by atoms with Crippen molar-refractivity contribution in [2.24, 2.45) is 5.92 Å². The number of carbonyl (C=O) groups is 1. The standard InChI is InChI=1S/C11H20N2O2/c1-3-13-8-10(12(2)11(13)14)9-4-6-15-7-5-9/h9-10H,3-8H2,1-2H3. The van der Waals surface area contributed by atoms with Crippen molar-refractivity contribution in [3.05, 3.63) is 0 Å². The lowest BCUT2D eigenvalue weighted by molar-refractivity contribution is 0.0452. The van der Waals surface area contributed by atoms with Crippen molar-refractivity contribution in [3.63, 3.8) is 0 Å². The van der Waals surface area contributed by atoms with Crippen LogP contribution in [0.1, 0.15) is 19.8 Å². The van der Waals surface area contributed by atoms with E-state index in [-0.39, 0.29) is 6.03 Å². The molecule has 2 fully saturated rings. The Morgan fingerprint density at radius 1 is 1.40 bits per heavy atom. The maximum Gasteiger partial charge on any atom is 0.320 e. The molecule has 2 amide bonds. The number of carbonyl (C=O) groups excluding carboxylic acids is 1. The summed E-state index contributed by atoms with van der Waals surface area (Å²) in [5.74, 6) is 0.629. The smallest absolute Gasteiger partial charge is 0.320 e. The maximum atomic E-state index is 11.8. The van der Waals surface area contributed by atoms with Gasteiger partial charge >= 0.3 is 6.03 Å². The van der Waals surface area contributed by atoms with Crippen LogP contribution >= 0.6 is 0 Å². The van der Waals surface area contributed by atoms with Gasteiger partial charge in [0.15, 0.2) is 0 Å². The highest BCUT2D eigenvalue weighted by Gasteiger charge is 2.38. The van der Waals surface area contributed by atoms with Gasteiger partial charge in [0.2, 0.25) is 0 Å². The molecule has 2 heterocycles. The van der Waals surface area contributed by atoms with Crippen molar-refractivity contribution in [3.8, 4) is 0 Å². The van der Waals surface area contributed by atoms with E-state index in [0.29, 0.717) is 12.0 Å². The van der Waals surface area contributed by atoms with Gasteiger partial charge in [0.05, 0.1) is 6.04 Å². The summed E-state index contributed by atoms with van der Waals surface area (Å²) in [6, 6.07) is 0.593. The third-order valence-electron chi connectivity index (χ3n) is 3.67. The van der Waals surface area contributed by atoms with Crippen molar-refractivity contribution in [1.82, 2.24) is 9.80 Å². The fourth-order valence-electron chi connectivity index (χ4n) is 2.62. The van der Waals surface area contributed by atoms with Gasteiger partial charge in [0, 0.05) is 33.4 Å². The van der Waals surface area contributed by atoms with Gasteiger partial charge in [0.1, 0.15) is 0 Å². The minimum atomic E-state index is 0.189. The first-order valence-electron chi connectivity index (χ1n) is 5.83. The third kappa shape index (κ3) is 1.95. The van der Waals surface area contributed by atoms with Crippen molar-refractivity contribution in [1.29, 1.82) is 0 Å². The first-order valence-corrected chi connectivity index (χ1v) is 5.83. The first kappa shape index (κ1) is 10.7. The normalized spacial score (nSPS) is 28.9. The van der Waals surface area contributed by atoms with Crippen LogP contribution in [0.15, 0.2) is 0 Å². The largest absolute Gasteiger partial charge is 0.381 e. The van der Waals surface area contributed by atoms with Gasteiger partial charge in [-0.3, -0.25) is 0 Å². The highest BCUT2D eigenvalue weighted by molar-refractivity contribution is 5.76. The zero-order valence-electron chi connectivity index (χ0n) is 9.61. The summed E-state index contributed by atoms with van der Waals surface area (Å²) in [4.78, 5) is 15.7. The van der Waals surface area contributed by atoms with Crippen LogP contribution in [0.4, 0.5) is 4.79 Å². The topological polar surface area (TPSA) is 32.8 Å². The van der Waals surface area contributed by atoms with E-state index in [4.69, 9.17) is 4.74 Å². The Morgan fingerprint density at radius 3 is 2.60 bits per heavy atom. The number of ether oxygens (including phenoxy) is 1. The molecule has 4 heteroatoms. The second-order valence-electron chi connectivity index (χ2n) is 4.45. The predicted molar refractivity (Wildman–Crippen MR) is 57.7 cm³/mol. The van der Waals surface area contributed by atoms with Crippen molar-refractivity contribution >= 4 is 6.03 Å². The molecule has 0 N–H and O–H groups in total. The summed E-state index contributed by atoms with van der Waals surface area (Å²) >= 11 is 0. The molecule has 86 valence electrons. The molecular formula is C11H20N2O2. The van der Waals surface area contributed by atoms with E-state index in [9.17, 15) is 4.79 Å². The van der Waals surface area contributed by atoms with E-state index in [1.807, 2.05) is 23.8 Å². The molecule has 15 heavy (non-hydrogen) atoms. The van der Waals surface area contributed by atoms with Crippen LogP contribution in [0.3, 0.4) is 0 Å². The number of amides is 2. The quantitative estimate of drug-likeness (QED) is 0.688. The molecule has 1 unspecified atom stereocenters. The fourth-order valence-corrected chi connectivity index (χ4v) is 2.62. The van der Waals surface area contributed by atoms with Crippen LogP contribution < -0.4 is 0 Å². The second kappa shape index (κ2) is 4.39. The first-order chi connectivity index (χ1) is 7.24. The lowest BCUT2D eigenvalue weighted by Crippen LogP contribution is -2.38. The molecule has 0 aromatic carbocycles. The second-order valence-corrected chi connectivity index (χ2v) is 4.45. The van der Waals surface area contributed by atoms with Crippen LogP contribution in [-0.4, -0.2) is 55.2 Å². The summed E-state index contributed by atoms with van der Waals surface area (Å²) in [5.41, 5.74) is 0. The summed E-state index contributed by atoms with van der Waals surface area (Å²) < 4.78 is 5.36. The van der Waals surface area contributed by atoms with Crippen LogP contribution in [-0.2, 0) is 4.74 Å². The van der Waals surface area contributed by atoms with Crippen LogP contribution in [0.25, 0.3) is 0 Å². The molecule has 0 aromatic rings. The molecular weight excluding hydrogens is 192 g/mol. The predicted octanol–water partition coefficient (Wildman–Crippen LogP) is 1.17. The van der Waals surface area contributed by atoms with Gasteiger partial charge in [-0.2, -0.15) is 0 Å². The lowest BCUT2D eigenvalue weighted by atomic mass is 9.91. The van der Waals surface area contributed by atoms with E-state index in [1.165, 1.54) is 0 Å². The van der Waals surface area contributed by atoms with E-state index in [0.717, 1.165) is 39.1 Å². The van der Waals surface area contributed by atoms with E-state index in [2.05, 4.69) is 0 Å². The van der Waals surface area contributed by atoms with Gasteiger partial charge in [-0.25, -0.2) is 4.79 Å². The highest BCUT2D eigenvalue weighted by atomic mass is 16.5. The zero-order chi connectivity index (χ0) is 10.8. The Bertz CT molecular complexity index is 239. The molecule has 0 aliphatic carbocycles. The van der Waals surface area contributed by atoms with E-state index < -0.39 is 0 Å². The van der Waals surface area contributed by atoms with Gasteiger partial charge in [-0.05, 0) is 25.7 Å². The summed E-state index contributed by atoms with van der Waals surface area (Å²) in [7, 11) is 1.93. The molecule has 2 aliphatic heterocycles. The Labute approximate surface area is 91.2 Å². The zero-order valence-corrected chi connectivity index (χ0v) is 9.61.